The molecule has 1 N–H and O–H groups in total. The molecular weight excluding hydrogens is 505 g/mol. The van der Waals surface area contributed by atoms with Gasteiger partial charge in [0.2, 0.25) is 10.0 Å². The van der Waals surface area contributed by atoms with Crippen molar-refractivity contribution in [3.05, 3.63) is 107 Å². The maximum absolute atomic E-state index is 13.7. The van der Waals surface area contributed by atoms with Crippen molar-refractivity contribution >= 4 is 16.1 Å². The van der Waals surface area contributed by atoms with Crippen LogP contribution in [0.1, 0.15) is 35.2 Å². The van der Waals surface area contributed by atoms with Crippen molar-refractivity contribution in [2.24, 2.45) is 5.41 Å². The van der Waals surface area contributed by atoms with Gasteiger partial charge < -0.3 is 5.11 Å². The molecule has 0 amide bonds. The zero-order valence-corrected chi connectivity index (χ0v) is 21.5. The summed E-state index contributed by atoms with van der Waals surface area (Å²) in [7, 11) is -3.81. The summed E-state index contributed by atoms with van der Waals surface area (Å²) in [4.78, 5) is 8.83. The highest BCUT2D eigenvalue weighted by atomic mass is 32.2. The SMILES string of the molecule is Cc1cccc(S(=O)(=O)N2CCC3=Cc4c(cnn4-c4ccc(F)cc4)CC3([C@H](O)c3ncccn3)C2)c1. The second-order valence-corrected chi connectivity index (χ2v) is 11.8. The van der Waals surface area contributed by atoms with Gasteiger partial charge in [-0.25, -0.2) is 27.5 Å². The van der Waals surface area contributed by atoms with Gasteiger partial charge in [-0.2, -0.15) is 9.40 Å². The summed E-state index contributed by atoms with van der Waals surface area (Å²) < 4.78 is 44.2. The largest absolute Gasteiger partial charge is 0.384 e. The molecule has 0 radical (unpaired) electrons. The van der Waals surface area contributed by atoms with E-state index in [0.29, 0.717) is 18.5 Å². The molecule has 194 valence electrons. The first-order valence-corrected chi connectivity index (χ1v) is 13.8. The van der Waals surface area contributed by atoms with Crippen LogP contribution in [0.2, 0.25) is 0 Å². The fraction of sp³-hybridized carbons (Fsp3) is 0.250. The summed E-state index contributed by atoms with van der Waals surface area (Å²) in [5.74, 6) is -0.0945. The van der Waals surface area contributed by atoms with Crippen molar-refractivity contribution in [1.29, 1.82) is 0 Å². The van der Waals surface area contributed by atoms with Gasteiger partial charge in [0.1, 0.15) is 11.9 Å². The molecule has 2 aliphatic rings. The predicted octanol–water partition coefficient (Wildman–Crippen LogP) is 3.86. The van der Waals surface area contributed by atoms with E-state index in [9.17, 15) is 17.9 Å². The molecule has 1 fully saturated rings. The zero-order valence-electron chi connectivity index (χ0n) is 20.7. The first-order chi connectivity index (χ1) is 18.3. The van der Waals surface area contributed by atoms with Crippen LogP contribution in [0.4, 0.5) is 4.39 Å². The van der Waals surface area contributed by atoms with Gasteiger partial charge in [-0.3, -0.25) is 0 Å². The molecule has 1 aliphatic heterocycles. The second kappa shape index (κ2) is 9.23. The number of aryl methyl sites for hydroxylation is 1. The lowest BCUT2D eigenvalue weighted by Crippen LogP contribution is -2.52. The molecule has 0 spiro atoms. The van der Waals surface area contributed by atoms with Crippen molar-refractivity contribution in [2.45, 2.75) is 30.8 Å². The van der Waals surface area contributed by atoms with E-state index >= 15 is 0 Å². The van der Waals surface area contributed by atoms with E-state index in [2.05, 4.69) is 15.1 Å². The van der Waals surface area contributed by atoms with Gasteiger partial charge in [-0.15, -0.1) is 0 Å². The Kier molecular flexibility index (Phi) is 5.97. The molecule has 4 aromatic rings. The third kappa shape index (κ3) is 4.05. The number of aliphatic hydroxyl groups excluding tert-OH is 1. The molecule has 0 saturated carbocycles. The number of hydrogen-bond donors (Lipinski definition) is 1. The average molecular weight is 532 g/mol. The number of hydrogen-bond acceptors (Lipinski definition) is 6. The van der Waals surface area contributed by atoms with E-state index in [1.807, 2.05) is 19.1 Å². The highest BCUT2D eigenvalue weighted by molar-refractivity contribution is 7.89. The normalized spacial score (nSPS) is 20.3. The molecule has 10 heteroatoms. The molecule has 1 unspecified atom stereocenters. The first-order valence-electron chi connectivity index (χ1n) is 12.3. The number of aliphatic hydroxyl groups is 1. The summed E-state index contributed by atoms with van der Waals surface area (Å²) >= 11 is 0. The minimum atomic E-state index is -3.81. The molecule has 38 heavy (non-hydrogen) atoms. The lowest BCUT2D eigenvalue weighted by atomic mass is 9.65. The van der Waals surface area contributed by atoms with E-state index in [-0.39, 0.29) is 29.6 Å². The Balaban J connectivity index is 1.45. The van der Waals surface area contributed by atoms with Gasteiger partial charge >= 0.3 is 0 Å². The summed E-state index contributed by atoms with van der Waals surface area (Å²) in [5, 5.41) is 16.3. The molecule has 2 aromatic carbocycles. The maximum Gasteiger partial charge on any atom is 0.243 e. The van der Waals surface area contributed by atoms with Crippen LogP contribution in [0.3, 0.4) is 0 Å². The van der Waals surface area contributed by atoms with Gasteiger partial charge in [-0.05, 0) is 79.4 Å². The van der Waals surface area contributed by atoms with Crippen LogP contribution in [-0.2, 0) is 16.4 Å². The molecule has 1 saturated heterocycles. The molecule has 8 nitrogen and oxygen atoms in total. The number of rotatable bonds is 5. The van der Waals surface area contributed by atoms with E-state index in [4.69, 9.17) is 0 Å². The van der Waals surface area contributed by atoms with E-state index in [1.165, 1.54) is 16.4 Å². The van der Waals surface area contributed by atoms with Crippen LogP contribution in [0, 0.1) is 18.2 Å². The monoisotopic (exact) mass is 531 g/mol. The Hall–Kier alpha value is -3.73. The number of piperidine rings is 1. The summed E-state index contributed by atoms with van der Waals surface area (Å²) in [6, 6.07) is 14.6. The quantitative estimate of drug-likeness (QED) is 0.420. The Morgan fingerprint density at radius 3 is 2.58 bits per heavy atom. The number of fused-ring (bicyclic) bond motifs is 2. The Morgan fingerprint density at radius 1 is 1.08 bits per heavy atom. The minimum Gasteiger partial charge on any atom is -0.384 e. The zero-order chi connectivity index (χ0) is 26.5. The second-order valence-electron chi connectivity index (χ2n) is 9.86. The molecule has 3 heterocycles. The third-order valence-corrected chi connectivity index (χ3v) is 9.33. The van der Waals surface area contributed by atoms with Gasteiger partial charge in [0, 0.05) is 30.9 Å². The molecule has 1 aliphatic carbocycles. The highest BCUT2D eigenvalue weighted by Crippen LogP contribution is 2.51. The van der Waals surface area contributed by atoms with Crippen LogP contribution in [0.25, 0.3) is 11.8 Å². The van der Waals surface area contributed by atoms with E-state index in [0.717, 1.165) is 22.4 Å². The van der Waals surface area contributed by atoms with Gasteiger partial charge in [0.05, 0.1) is 22.5 Å². The fourth-order valence-corrected chi connectivity index (χ4v) is 7.15. The van der Waals surface area contributed by atoms with Crippen molar-refractivity contribution < 1.29 is 17.9 Å². The molecule has 6 rings (SSSR count). The van der Waals surface area contributed by atoms with Crippen molar-refractivity contribution in [2.75, 3.05) is 13.1 Å². The van der Waals surface area contributed by atoms with Crippen LogP contribution < -0.4 is 0 Å². The molecule has 2 atom stereocenters. The molecular formula is C28H26FN5O3S. The van der Waals surface area contributed by atoms with Crippen molar-refractivity contribution in [1.82, 2.24) is 24.1 Å². The molecule has 0 bridgehead atoms. The Morgan fingerprint density at radius 2 is 1.84 bits per heavy atom. The number of sulfonamides is 1. The topological polar surface area (TPSA) is 101 Å². The summed E-state index contributed by atoms with van der Waals surface area (Å²) in [5.41, 5.74) is 3.17. The van der Waals surface area contributed by atoms with Crippen LogP contribution in [-0.4, -0.2) is 50.7 Å². The van der Waals surface area contributed by atoms with Gasteiger partial charge in [-0.1, -0.05) is 17.7 Å². The van der Waals surface area contributed by atoms with E-state index in [1.54, 1.807) is 59.7 Å². The lowest BCUT2D eigenvalue weighted by Gasteiger charge is -2.48. The number of aromatic nitrogens is 4. The van der Waals surface area contributed by atoms with Crippen LogP contribution in [0.5, 0.6) is 0 Å². The number of halogens is 1. The number of benzene rings is 2. The summed E-state index contributed by atoms with van der Waals surface area (Å²) in [6.45, 7) is 2.19. The van der Waals surface area contributed by atoms with Gasteiger partial charge in [0.25, 0.3) is 0 Å². The predicted molar refractivity (Wildman–Crippen MR) is 139 cm³/mol. The fourth-order valence-electron chi connectivity index (χ4n) is 5.54. The van der Waals surface area contributed by atoms with E-state index < -0.39 is 21.5 Å². The van der Waals surface area contributed by atoms with Crippen molar-refractivity contribution in [3.63, 3.8) is 0 Å². The van der Waals surface area contributed by atoms with Crippen LogP contribution in [0.15, 0.2) is 83.7 Å². The first kappa shape index (κ1) is 24.6. The Bertz CT molecular complexity index is 1640. The lowest BCUT2D eigenvalue weighted by molar-refractivity contribution is 0.0156. The Labute approximate surface area is 220 Å². The minimum absolute atomic E-state index is 0.0652. The summed E-state index contributed by atoms with van der Waals surface area (Å²) in [6.07, 6.45) is 6.45. The standard InChI is InChI=1S/C28H26FN5O3S/c1-19-4-2-5-24(14-19)38(36,37)33-13-10-21-15-25-20(17-32-34(25)23-8-6-22(29)7-9-23)16-28(21,18-33)26(35)27-30-11-3-12-31-27/h2-9,11-12,14-15,17,26,35H,10,13,16,18H2,1H3/t26-,28?/m1/s1. The highest BCUT2D eigenvalue weighted by Gasteiger charge is 2.51. The third-order valence-electron chi connectivity index (χ3n) is 7.48. The smallest absolute Gasteiger partial charge is 0.243 e. The van der Waals surface area contributed by atoms with Crippen LogP contribution >= 0.6 is 0 Å². The van der Waals surface area contributed by atoms with Crippen molar-refractivity contribution in [3.8, 4) is 5.69 Å². The maximum atomic E-state index is 13.7. The molecule has 2 aromatic heterocycles. The number of nitrogens with zero attached hydrogens (tertiary/aromatic N) is 5. The average Bonchev–Trinajstić information content (AvgIpc) is 3.34. The van der Waals surface area contributed by atoms with Gasteiger partial charge in [0.15, 0.2) is 5.82 Å².